The highest BCUT2D eigenvalue weighted by Gasteiger charge is 2.26. The number of amides is 1. The molecular formula is C14H28N2O2. The molecule has 1 heterocycles. The molecule has 0 radical (unpaired) electrons. The van der Waals surface area contributed by atoms with Crippen molar-refractivity contribution in [3.8, 4) is 0 Å². The average Bonchev–Trinajstić information content (AvgIpc) is 2.50. The second-order valence-electron chi connectivity index (χ2n) is 5.64. The van der Waals surface area contributed by atoms with Crippen LogP contribution in [-0.2, 0) is 4.79 Å². The van der Waals surface area contributed by atoms with Gasteiger partial charge in [0.25, 0.3) is 0 Å². The van der Waals surface area contributed by atoms with Gasteiger partial charge in [-0.3, -0.25) is 4.79 Å². The SMILES string of the molecule is CCCN1CCC(=O)N([C@H](CO)CC(C)C)CC1. The van der Waals surface area contributed by atoms with E-state index in [-0.39, 0.29) is 18.6 Å². The Morgan fingerprint density at radius 2 is 2.00 bits per heavy atom. The average molecular weight is 256 g/mol. The maximum absolute atomic E-state index is 12.1. The van der Waals surface area contributed by atoms with Crippen LogP contribution in [-0.4, -0.2) is 59.6 Å². The van der Waals surface area contributed by atoms with Crippen LogP contribution < -0.4 is 0 Å². The molecule has 4 nitrogen and oxygen atoms in total. The number of carbonyl (C=O) groups is 1. The van der Waals surface area contributed by atoms with Gasteiger partial charge < -0.3 is 14.9 Å². The van der Waals surface area contributed by atoms with E-state index in [0.717, 1.165) is 39.0 Å². The molecular weight excluding hydrogens is 228 g/mol. The molecule has 1 aliphatic heterocycles. The zero-order valence-corrected chi connectivity index (χ0v) is 12.1. The topological polar surface area (TPSA) is 43.8 Å². The predicted molar refractivity (Wildman–Crippen MR) is 73.4 cm³/mol. The molecule has 0 aromatic heterocycles. The van der Waals surface area contributed by atoms with Gasteiger partial charge in [0.05, 0.1) is 12.6 Å². The van der Waals surface area contributed by atoms with E-state index in [9.17, 15) is 9.90 Å². The highest BCUT2D eigenvalue weighted by atomic mass is 16.3. The summed E-state index contributed by atoms with van der Waals surface area (Å²) >= 11 is 0. The van der Waals surface area contributed by atoms with Crippen LogP contribution >= 0.6 is 0 Å². The Kier molecular flexibility index (Phi) is 6.65. The number of hydrogen-bond acceptors (Lipinski definition) is 3. The van der Waals surface area contributed by atoms with Crippen LogP contribution in [0.15, 0.2) is 0 Å². The largest absolute Gasteiger partial charge is 0.394 e. The second kappa shape index (κ2) is 7.74. The zero-order valence-electron chi connectivity index (χ0n) is 12.1. The lowest BCUT2D eigenvalue weighted by molar-refractivity contribution is -0.133. The molecule has 0 unspecified atom stereocenters. The Morgan fingerprint density at radius 1 is 1.28 bits per heavy atom. The summed E-state index contributed by atoms with van der Waals surface area (Å²) in [6.45, 7) is 10.1. The second-order valence-corrected chi connectivity index (χ2v) is 5.64. The Balaban J connectivity index is 2.60. The van der Waals surface area contributed by atoms with Crippen molar-refractivity contribution in [2.24, 2.45) is 5.92 Å². The molecule has 1 rings (SSSR count). The van der Waals surface area contributed by atoms with E-state index in [0.29, 0.717) is 12.3 Å². The Morgan fingerprint density at radius 3 is 2.56 bits per heavy atom. The molecule has 1 N–H and O–H groups in total. The van der Waals surface area contributed by atoms with Crippen LogP contribution in [0.1, 0.15) is 40.0 Å². The molecule has 0 aromatic carbocycles. The third kappa shape index (κ3) is 4.58. The number of rotatable bonds is 6. The van der Waals surface area contributed by atoms with Crippen molar-refractivity contribution >= 4 is 5.91 Å². The van der Waals surface area contributed by atoms with Gasteiger partial charge in [0.2, 0.25) is 5.91 Å². The van der Waals surface area contributed by atoms with Gasteiger partial charge >= 0.3 is 0 Å². The van der Waals surface area contributed by atoms with Crippen LogP contribution in [0.3, 0.4) is 0 Å². The number of nitrogens with zero attached hydrogens (tertiary/aromatic N) is 2. The number of carbonyl (C=O) groups excluding carboxylic acids is 1. The number of hydrogen-bond donors (Lipinski definition) is 1. The van der Waals surface area contributed by atoms with E-state index in [1.807, 2.05) is 4.90 Å². The number of aliphatic hydroxyl groups is 1. The van der Waals surface area contributed by atoms with Crippen LogP contribution in [0.4, 0.5) is 0 Å². The van der Waals surface area contributed by atoms with Crippen molar-refractivity contribution in [3.05, 3.63) is 0 Å². The van der Waals surface area contributed by atoms with E-state index in [1.165, 1.54) is 0 Å². The molecule has 0 saturated carbocycles. The standard InChI is InChI=1S/C14H28N2O2/c1-4-6-15-7-5-14(18)16(9-8-15)13(11-17)10-12(2)3/h12-13,17H,4-11H2,1-3H3/t13-/m0/s1. The minimum absolute atomic E-state index is 0.000855. The molecule has 0 aliphatic carbocycles. The quantitative estimate of drug-likeness (QED) is 0.780. The van der Waals surface area contributed by atoms with E-state index in [2.05, 4.69) is 25.7 Å². The van der Waals surface area contributed by atoms with Crippen molar-refractivity contribution in [2.45, 2.75) is 46.1 Å². The highest BCUT2D eigenvalue weighted by Crippen LogP contribution is 2.15. The minimum atomic E-state index is -0.000855. The van der Waals surface area contributed by atoms with Crippen molar-refractivity contribution in [1.82, 2.24) is 9.80 Å². The monoisotopic (exact) mass is 256 g/mol. The van der Waals surface area contributed by atoms with Crippen LogP contribution in [0, 0.1) is 5.92 Å². The predicted octanol–water partition coefficient (Wildman–Crippen LogP) is 1.34. The van der Waals surface area contributed by atoms with Gasteiger partial charge in [-0.25, -0.2) is 0 Å². The smallest absolute Gasteiger partial charge is 0.224 e. The first-order valence-corrected chi connectivity index (χ1v) is 7.21. The highest BCUT2D eigenvalue weighted by molar-refractivity contribution is 5.77. The van der Waals surface area contributed by atoms with Crippen molar-refractivity contribution in [2.75, 3.05) is 32.8 Å². The van der Waals surface area contributed by atoms with Crippen molar-refractivity contribution in [3.63, 3.8) is 0 Å². The Hall–Kier alpha value is -0.610. The molecule has 1 atom stereocenters. The fourth-order valence-corrected chi connectivity index (χ4v) is 2.65. The van der Waals surface area contributed by atoms with Gasteiger partial charge in [0.15, 0.2) is 0 Å². The summed E-state index contributed by atoms with van der Waals surface area (Å²) < 4.78 is 0. The lowest BCUT2D eigenvalue weighted by atomic mass is 10.0. The van der Waals surface area contributed by atoms with Crippen LogP contribution in [0.2, 0.25) is 0 Å². The summed E-state index contributed by atoms with van der Waals surface area (Å²) in [5, 5.41) is 9.50. The first kappa shape index (κ1) is 15.4. The summed E-state index contributed by atoms with van der Waals surface area (Å²) in [4.78, 5) is 16.4. The fraction of sp³-hybridized carbons (Fsp3) is 0.929. The Labute approximate surface area is 111 Å². The Bertz CT molecular complexity index is 256. The third-order valence-electron chi connectivity index (χ3n) is 3.55. The zero-order chi connectivity index (χ0) is 13.5. The van der Waals surface area contributed by atoms with Gasteiger partial charge in [-0.1, -0.05) is 20.8 Å². The van der Waals surface area contributed by atoms with E-state index in [4.69, 9.17) is 0 Å². The molecule has 1 aliphatic rings. The summed E-state index contributed by atoms with van der Waals surface area (Å²) in [5.41, 5.74) is 0. The van der Waals surface area contributed by atoms with Gasteiger partial charge in [0.1, 0.15) is 0 Å². The van der Waals surface area contributed by atoms with Crippen LogP contribution in [0.25, 0.3) is 0 Å². The number of aliphatic hydroxyl groups excluding tert-OH is 1. The minimum Gasteiger partial charge on any atom is -0.394 e. The van der Waals surface area contributed by atoms with E-state index < -0.39 is 0 Å². The lowest BCUT2D eigenvalue weighted by Gasteiger charge is -2.31. The van der Waals surface area contributed by atoms with Gasteiger partial charge in [-0.05, 0) is 25.3 Å². The lowest BCUT2D eigenvalue weighted by Crippen LogP contribution is -2.44. The van der Waals surface area contributed by atoms with Gasteiger partial charge in [-0.2, -0.15) is 0 Å². The molecule has 4 heteroatoms. The normalized spacial score (nSPS) is 20.3. The van der Waals surface area contributed by atoms with Crippen molar-refractivity contribution < 1.29 is 9.90 Å². The molecule has 1 fully saturated rings. The van der Waals surface area contributed by atoms with E-state index in [1.54, 1.807) is 0 Å². The third-order valence-corrected chi connectivity index (χ3v) is 3.55. The first-order chi connectivity index (χ1) is 8.58. The molecule has 0 spiro atoms. The molecule has 106 valence electrons. The molecule has 0 bridgehead atoms. The summed E-state index contributed by atoms with van der Waals surface area (Å²) in [5.74, 6) is 0.707. The maximum atomic E-state index is 12.1. The summed E-state index contributed by atoms with van der Waals surface area (Å²) in [6, 6.07) is -0.000855. The van der Waals surface area contributed by atoms with E-state index >= 15 is 0 Å². The molecule has 0 aromatic rings. The fourth-order valence-electron chi connectivity index (χ4n) is 2.65. The molecule has 1 amide bonds. The maximum Gasteiger partial charge on any atom is 0.224 e. The van der Waals surface area contributed by atoms with Crippen molar-refractivity contribution in [1.29, 1.82) is 0 Å². The summed E-state index contributed by atoms with van der Waals surface area (Å²) in [7, 11) is 0. The summed E-state index contributed by atoms with van der Waals surface area (Å²) in [6.07, 6.45) is 2.61. The molecule has 18 heavy (non-hydrogen) atoms. The van der Waals surface area contributed by atoms with Gasteiger partial charge in [-0.15, -0.1) is 0 Å². The van der Waals surface area contributed by atoms with Crippen LogP contribution in [0.5, 0.6) is 0 Å². The molecule has 1 saturated heterocycles. The van der Waals surface area contributed by atoms with Gasteiger partial charge in [0, 0.05) is 26.1 Å². The first-order valence-electron chi connectivity index (χ1n) is 7.21.